The molecule has 0 saturated carbocycles. The Morgan fingerprint density at radius 2 is 2.10 bits per heavy atom. The Bertz CT molecular complexity index is 661. The fraction of sp³-hybridized carbons (Fsp3) is 0.0833. The van der Waals surface area contributed by atoms with E-state index >= 15 is 0 Å². The fourth-order valence-electron chi connectivity index (χ4n) is 1.40. The molecule has 2 rings (SSSR count). The third-order valence-corrected chi connectivity index (χ3v) is 3.58. The molecule has 0 radical (unpaired) electrons. The molecular weight excluding hydrogens is 362 g/mol. The lowest BCUT2D eigenvalue weighted by atomic mass is 10.3. The molecule has 1 heterocycles. The van der Waals surface area contributed by atoms with Crippen molar-refractivity contribution in [2.45, 2.75) is 0 Å². The number of urea groups is 1. The zero-order valence-electron chi connectivity index (χ0n) is 10.5. The molecule has 7 nitrogen and oxygen atoms in total. The van der Waals surface area contributed by atoms with Crippen molar-refractivity contribution in [2.24, 2.45) is 0 Å². The summed E-state index contributed by atoms with van der Waals surface area (Å²) in [6, 6.07) is 6.05. The van der Waals surface area contributed by atoms with Gasteiger partial charge in [0.05, 0.1) is 15.7 Å². The summed E-state index contributed by atoms with van der Waals surface area (Å²) in [7, 11) is 0. The summed E-state index contributed by atoms with van der Waals surface area (Å²) in [6.45, 7) is -0.486. The Labute approximate surface area is 132 Å². The molecule has 2 aromatic rings. The molecule has 0 atom stereocenters. The maximum atomic E-state index is 11.8. The highest BCUT2D eigenvalue weighted by molar-refractivity contribution is 9.11. The van der Waals surface area contributed by atoms with Crippen molar-refractivity contribution in [1.29, 1.82) is 0 Å². The highest BCUT2D eigenvalue weighted by Gasteiger charge is 2.10. The highest BCUT2D eigenvalue weighted by Crippen LogP contribution is 2.25. The average Bonchev–Trinajstić information content (AvgIpc) is 2.83. The number of amides is 2. The molecule has 0 aliphatic heterocycles. The minimum absolute atomic E-state index is 0.273. The maximum absolute atomic E-state index is 11.8. The van der Waals surface area contributed by atoms with E-state index in [0.29, 0.717) is 10.8 Å². The third-order valence-electron chi connectivity index (χ3n) is 2.18. The SMILES string of the molecule is O=C(O)COc1ccccc1NC(=O)Nc1ncc(Br)s1. The quantitative estimate of drug-likeness (QED) is 0.749. The minimum Gasteiger partial charge on any atom is -0.480 e. The van der Waals surface area contributed by atoms with E-state index in [9.17, 15) is 9.59 Å². The molecule has 1 aromatic carbocycles. The molecule has 0 unspecified atom stereocenters. The van der Waals surface area contributed by atoms with Gasteiger partial charge in [0, 0.05) is 0 Å². The molecule has 110 valence electrons. The number of halogens is 1. The summed E-state index contributed by atoms with van der Waals surface area (Å²) in [5.41, 5.74) is 0.367. The van der Waals surface area contributed by atoms with E-state index < -0.39 is 18.6 Å². The largest absolute Gasteiger partial charge is 0.480 e. The van der Waals surface area contributed by atoms with E-state index in [1.807, 2.05) is 0 Å². The summed E-state index contributed by atoms with van der Waals surface area (Å²) >= 11 is 4.51. The summed E-state index contributed by atoms with van der Waals surface area (Å²) in [4.78, 5) is 26.3. The molecule has 0 bridgehead atoms. The molecule has 2 amide bonds. The van der Waals surface area contributed by atoms with Crippen LogP contribution in [0.4, 0.5) is 15.6 Å². The first kappa shape index (κ1) is 15.3. The highest BCUT2D eigenvalue weighted by atomic mass is 79.9. The summed E-state index contributed by atoms with van der Waals surface area (Å²) < 4.78 is 5.89. The van der Waals surface area contributed by atoms with E-state index in [-0.39, 0.29) is 5.75 Å². The van der Waals surface area contributed by atoms with Crippen LogP contribution in [0.15, 0.2) is 34.2 Å². The van der Waals surface area contributed by atoms with Crippen molar-refractivity contribution >= 4 is 50.1 Å². The number of nitrogens with one attached hydrogen (secondary N) is 2. The van der Waals surface area contributed by atoms with Gasteiger partial charge in [-0.1, -0.05) is 23.5 Å². The van der Waals surface area contributed by atoms with Gasteiger partial charge in [-0.2, -0.15) is 0 Å². The predicted molar refractivity (Wildman–Crippen MR) is 82.0 cm³/mol. The number of aliphatic carboxylic acids is 1. The number of carboxylic acids is 1. The molecule has 1 aromatic heterocycles. The molecule has 21 heavy (non-hydrogen) atoms. The number of para-hydroxylation sites is 2. The number of carboxylic acid groups (broad SMARTS) is 1. The summed E-state index contributed by atoms with van der Waals surface area (Å²) in [5, 5.41) is 14.2. The van der Waals surface area contributed by atoms with Crippen molar-refractivity contribution in [1.82, 2.24) is 4.98 Å². The van der Waals surface area contributed by atoms with Gasteiger partial charge in [0.2, 0.25) is 0 Å². The van der Waals surface area contributed by atoms with Crippen LogP contribution >= 0.6 is 27.3 Å². The second-order valence-electron chi connectivity index (χ2n) is 3.73. The standard InChI is InChI=1S/C12H10BrN3O4S/c13-9-5-14-12(21-9)16-11(19)15-7-3-1-2-4-8(7)20-6-10(17)18/h1-5H,6H2,(H,17,18)(H2,14,15,16,19). The predicted octanol–water partition coefficient (Wildman–Crippen LogP) is 3.01. The number of carbonyl (C=O) groups is 2. The molecule has 0 aliphatic rings. The lowest BCUT2D eigenvalue weighted by molar-refractivity contribution is -0.139. The van der Waals surface area contributed by atoms with E-state index in [1.54, 1.807) is 30.5 Å². The lowest BCUT2D eigenvalue weighted by Crippen LogP contribution is -2.20. The first-order valence-corrected chi connectivity index (χ1v) is 7.28. The van der Waals surface area contributed by atoms with Crippen molar-refractivity contribution < 1.29 is 19.4 Å². The number of rotatable bonds is 5. The van der Waals surface area contributed by atoms with Crippen molar-refractivity contribution in [3.8, 4) is 5.75 Å². The van der Waals surface area contributed by atoms with Gasteiger partial charge < -0.3 is 15.2 Å². The van der Waals surface area contributed by atoms with Crippen LogP contribution in [0, 0.1) is 0 Å². The maximum Gasteiger partial charge on any atom is 0.341 e. The zero-order valence-corrected chi connectivity index (χ0v) is 12.9. The number of ether oxygens (including phenoxy) is 1. The van der Waals surface area contributed by atoms with Gasteiger partial charge in [-0.25, -0.2) is 14.6 Å². The fourth-order valence-corrected chi connectivity index (χ4v) is 2.50. The van der Waals surface area contributed by atoms with Crippen LogP contribution in [-0.2, 0) is 4.79 Å². The van der Waals surface area contributed by atoms with Crippen molar-refractivity contribution in [3.05, 3.63) is 34.2 Å². The van der Waals surface area contributed by atoms with Crippen LogP contribution in [0.3, 0.4) is 0 Å². The number of benzene rings is 1. The van der Waals surface area contributed by atoms with Crippen LogP contribution < -0.4 is 15.4 Å². The number of anilines is 2. The zero-order chi connectivity index (χ0) is 15.2. The molecular formula is C12H10BrN3O4S. The van der Waals surface area contributed by atoms with Gasteiger partial charge in [0.25, 0.3) is 0 Å². The molecule has 0 aliphatic carbocycles. The second kappa shape index (κ2) is 7.04. The second-order valence-corrected chi connectivity index (χ2v) is 6.14. The monoisotopic (exact) mass is 371 g/mol. The number of aromatic nitrogens is 1. The number of nitrogens with zero attached hydrogens (tertiary/aromatic N) is 1. The smallest absolute Gasteiger partial charge is 0.341 e. The van der Waals surface area contributed by atoms with Gasteiger partial charge in [-0.05, 0) is 28.1 Å². The number of carbonyl (C=O) groups excluding carboxylic acids is 1. The molecule has 0 spiro atoms. The van der Waals surface area contributed by atoms with Crippen LogP contribution in [0.25, 0.3) is 0 Å². The van der Waals surface area contributed by atoms with E-state index in [1.165, 1.54) is 11.3 Å². The first-order valence-electron chi connectivity index (χ1n) is 5.67. The van der Waals surface area contributed by atoms with Crippen LogP contribution in [0.1, 0.15) is 0 Å². The van der Waals surface area contributed by atoms with Gasteiger partial charge >= 0.3 is 12.0 Å². The Hall–Kier alpha value is -2.13. The van der Waals surface area contributed by atoms with Crippen molar-refractivity contribution in [3.63, 3.8) is 0 Å². The first-order chi connectivity index (χ1) is 10.0. The molecule has 3 N–H and O–H groups in total. The minimum atomic E-state index is -1.10. The Morgan fingerprint density at radius 1 is 1.33 bits per heavy atom. The normalized spacial score (nSPS) is 9.95. The Morgan fingerprint density at radius 3 is 2.76 bits per heavy atom. The number of thiazole rings is 1. The number of hydrogen-bond donors (Lipinski definition) is 3. The molecule has 9 heteroatoms. The summed E-state index contributed by atoms with van der Waals surface area (Å²) in [6.07, 6.45) is 1.57. The van der Waals surface area contributed by atoms with Crippen LogP contribution in [-0.4, -0.2) is 28.7 Å². The van der Waals surface area contributed by atoms with E-state index in [4.69, 9.17) is 9.84 Å². The van der Waals surface area contributed by atoms with Gasteiger partial charge in [0.1, 0.15) is 5.75 Å². The lowest BCUT2D eigenvalue weighted by Gasteiger charge is -2.11. The van der Waals surface area contributed by atoms with E-state index in [2.05, 4.69) is 31.5 Å². The number of hydrogen-bond acceptors (Lipinski definition) is 5. The molecule has 0 fully saturated rings. The average molecular weight is 372 g/mol. The van der Waals surface area contributed by atoms with Gasteiger partial charge in [-0.15, -0.1) is 0 Å². The third kappa shape index (κ3) is 4.72. The Balaban J connectivity index is 2.01. The molecule has 0 saturated heterocycles. The van der Waals surface area contributed by atoms with Crippen LogP contribution in [0.2, 0.25) is 0 Å². The van der Waals surface area contributed by atoms with Gasteiger partial charge in [0.15, 0.2) is 11.7 Å². The Kier molecular flexibility index (Phi) is 5.12. The van der Waals surface area contributed by atoms with Crippen LogP contribution in [0.5, 0.6) is 5.75 Å². The topological polar surface area (TPSA) is 101 Å². The van der Waals surface area contributed by atoms with Gasteiger partial charge in [-0.3, -0.25) is 5.32 Å². The van der Waals surface area contributed by atoms with Crippen molar-refractivity contribution in [2.75, 3.05) is 17.2 Å². The summed E-state index contributed by atoms with van der Waals surface area (Å²) in [5.74, 6) is -0.822. The van der Waals surface area contributed by atoms with E-state index in [0.717, 1.165) is 3.79 Å².